The third-order valence-electron chi connectivity index (χ3n) is 5.08. The predicted molar refractivity (Wildman–Crippen MR) is 117 cm³/mol. The van der Waals surface area contributed by atoms with E-state index in [1.54, 1.807) is 47.5 Å². The van der Waals surface area contributed by atoms with Gasteiger partial charge in [-0.25, -0.2) is 0 Å². The molecule has 1 unspecified atom stereocenters. The molecular formula is C25H23N3O3. The van der Waals surface area contributed by atoms with Crippen molar-refractivity contribution in [3.63, 3.8) is 0 Å². The Morgan fingerprint density at radius 3 is 2.65 bits per heavy atom. The maximum absolute atomic E-state index is 13.1. The van der Waals surface area contributed by atoms with Gasteiger partial charge < -0.3 is 14.8 Å². The van der Waals surface area contributed by atoms with E-state index in [2.05, 4.69) is 11.1 Å². The highest BCUT2D eigenvalue weighted by Gasteiger charge is 2.24. The van der Waals surface area contributed by atoms with E-state index in [9.17, 15) is 20.0 Å². The lowest BCUT2D eigenvalue weighted by Crippen LogP contribution is -2.37. The molecule has 1 N–H and O–H groups in total. The summed E-state index contributed by atoms with van der Waals surface area (Å²) >= 11 is 0. The van der Waals surface area contributed by atoms with Crippen molar-refractivity contribution in [3.8, 4) is 23.1 Å². The highest BCUT2D eigenvalue weighted by molar-refractivity contribution is 5.92. The van der Waals surface area contributed by atoms with Crippen LogP contribution in [-0.2, 0) is 22.6 Å². The summed E-state index contributed by atoms with van der Waals surface area (Å²) < 4.78 is 0. The molecule has 0 saturated carbocycles. The number of amides is 1. The third kappa shape index (κ3) is 5.34. The van der Waals surface area contributed by atoms with Gasteiger partial charge in [-0.3, -0.25) is 9.78 Å². The average molecular weight is 413 g/mol. The van der Waals surface area contributed by atoms with Crippen LogP contribution in [0.5, 0.6) is 5.75 Å². The van der Waals surface area contributed by atoms with E-state index in [1.807, 2.05) is 19.1 Å². The van der Waals surface area contributed by atoms with Gasteiger partial charge in [-0.2, -0.15) is 5.26 Å². The lowest BCUT2D eigenvalue weighted by atomic mass is 9.98. The number of carbonyl (C=O) groups excluding carboxylic acids is 2. The Balaban J connectivity index is 1.83. The van der Waals surface area contributed by atoms with Gasteiger partial charge in [-0.15, -0.1) is 0 Å². The van der Waals surface area contributed by atoms with E-state index >= 15 is 0 Å². The number of carbonyl (C=O) groups is 2. The van der Waals surface area contributed by atoms with Crippen LogP contribution in [0.25, 0.3) is 11.3 Å². The maximum atomic E-state index is 13.1. The van der Waals surface area contributed by atoms with Crippen molar-refractivity contribution < 1.29 is 14.7 Å². The number of aldehydes is 1. The summed E-state index contributed by atoms with van der Waals surface area (Å²) in [7, 11) is 0. The number of aromatic hydroxyl groups is 1. The molecule has 1 atom stereocenters. The van der Waals surface area contributed by atoms with Crippen LogP contribution in [0, 0.1) is 17.2 Å². The van der Waals surface area contributed by atoms with Crippen molar-refractivity contribution in [1.29, 1.82) is 5.26 Å². The summed E-state index contributed by atoms with van der Waals surface area (Å²) in [5, 5.41) is 18.6. The molecule has 0 aliphatic rings. The van der Waals surface area contributed by atoms with Crippen molar-refractivity contribution >= 4 is 12.2 Å². The number of hydrogen-bond acceptors (Lipinski definition) is 5. The van der Waals surface area contributed by atoms with E-state index in [4.69, 9.17) is 0 Å². The highest BCUT2D eigenvalue weighted by Crippen LogP contribution is 2.24. The maximum Gasteiger partial charge on any atom is 0.233 e. The number of phenols is 1. The molecule has 0 aliphatic heterocycles. The molecule has 31 heavy (non-hydrogen) atoms. The minimum atomic E-state index is -0.813. The second-order valence-electron chi connectivity index (χ2n) is 7.17. The number of pyridine rings is 1. The molecule has 6 heteroatoms. The highest BCUT2D eigenvalue weighted by atomic mass is 16.3. The number of nitrogens with zero attached hydrogens (tertiary/aromatic N) is 3. The Hall–Kier alpha value is -3.98. The molecule has 0 spiro atoms. The number of hydrogen-bond donors (Lipinski definition) is 1. The zero-order chi connectivity index (χ0) is 22.2. The summed E-state index contributed by atoms with van der Waals surface area (Å²) in [5.74, 6) is -0.935. The van der Waals surface area contributed by atoms with Crippen LogP contribution in [0.4, 0.5) is 0 Å². The van der Waals surface area contributed by atoms with Crippen LogP contribution in [0.15, 0.2) is 66.9 Å². The second kappa shape index (κ2) is 10.2. The fraction of sp³-hybridized carbons (Fsp3) is 0.200. The molecule has 0 aliphatic carbocycles. The van der Waals surface area contributed by atoms with Gasteiger partial charge in [0.2, 0.25) is 5.91 Å². The molecule has 0 fully saturated rings. The van der Waals surface area contributed by atoms with Crippen molar-refractivity contribution in [2.75, 3.05) is 6.54 Å². The molecule has 2 aromatic carbocycles. The predicted octanol–water partition coefficient (Wildman–Crippen LogP) is 3.73. The summed E-state index contributed by atoms with van der Waals surface area (Å²) in [4.78, 5) is 30.9. The van der Waals surface area contributed by atoms with Gasteiger partial charge in [0.15, 0.2) is 0 Å². The third-order valence-corrected chi connectivity index (χ3v) is 5.08. The van der Waals surface area contributed by atoms with E-state index in [-0.39, 0.29) is 18.1 Å². The SMILES string of the molecule is CCN(Cc1cccnc1-c1cccc(C#N)c1)C(=O)C(C=O)Cc1ccc(O)cc1. The number of aromatic nitrogens is 1. The Kier molecular flexibility index (Phi) is 7.13. The average Bonchev–Trinajstić information content (AvgIpc) is 2.82. The molecular weight excluding hydrogens is 390 g/mol. The van der Waals surface area contributed by atoms with Gasteiger partial charge in [0, 0.05) is 24.8 Å². The van der Waals surface area contributed by atoms with Gasteiger partial charge in [-0.05, 0) is 54.8 Å². The van der Waals surface area contributed by atoms with Crippen molar-refractivity contribution in [1.82, 2.24) is 9.88 Å². The minimum Gasteiger partial charge on any atom is -0.508 e. The summed E-state index contributed by atoms with van der Waals surface area (Å²) in [6, 6.07) is 19.5. The fourth-order valence-electron chi connectivity index (χ4n) is 3.43. The molecule has 3 rings (SSSR count). The Bertz CT molecular complexity index is 1100. The zero-order valence-corrected chi connectivity index (χ0v) is 17.2. The first-order valence-corrected chi connectivity index (χ1v) is 10.0. The summed E-state index contributed by atoms with van der Waals surface area (Å²) in [5.41, 5.74) is 3.67. The molecule has 1 heterocycles. The van der Waals surface area contributed by atoms with E-state index in [0.29, 0.717) is 30.6 Å². The number of rotatable bonds is 8. The van der Waals surface area contributed by atoms with Crippen LogP contribution < -0.4 is 0 Å². The Morgan fingerprint density at radius 2 is 1.97 bits per heavy atom. The van der Waals surface area contributed by atoms with Crippen molar-refractivity contribution in [2.24, 2.45) is 5.92 Å². The number of benzene rings is 2. The van der Waals surface area contributed by atoms with Crippen LogP contribution in [0.1, 0.15) is 23.6 Å². The summed E-state index contributed by atoms with van der Waals surface area (Å²) in [6.07, 6.45) is 2.62. The summed E-state index contributed by atoms with van der Waals surface area (Å²) in [6.45, 7) is 2.60. The van der Waals surface area contributed by atoms with Crippen LogP contribution in [0.3, 0.4) is 0 Å². The van der Waals surface area contributed by atoms with E-state index in [0.717, 1.165) is 16.7 Å². The van der Waals surface area contributed by atoms with Crippen LogP contribution in [-0.4, -0.2) is 33.7 Å². The smallest absolute Gasteiger partial charge is 0.233 e. The standard InChI is InChI=1S/C25H23N3O3/c1-2-28(25(31)22(17-29)13-18-8-10-23(30)11-9-18)16-21-7-4-12-27-24(21)20-6-3-5-19(14-20)15-26/h3-12,14,17,22,30H,2,13,16H2,1H3. The number of phenolic OH excluding ortho intramolecular Hbond substituents is 1. The first-order valence-electron chi connectivity index (χ1n) is 10.0. The lowest BCUT2D eigenvalue weighted by molar-refractivity contribution is -0.138. The molecule has 3 aromatic rings. The normalized spacial score (nSPS) is 11.4. The minimum absolute atomic E-state index is 0.137. The van der Waals surface area contributed by atoms with Gasteiger partial charge in [-0.1, -0.05) is 30.3 Å². The van der Waals surface area contributed by atoms with Crippen LogP contribution >= 0.6 is 0 Å². The van der Waals surface area contributed by atoms with Crippen molar-refractivity contribution in [2.45, 2.75) is 19.9 Å². The van der Waals surface area contributed by atoms with E-state index < -0.39 is 5.92 Å². The molecule has 0 radical (unpaired) electrons. The first kappa shape index (κ1) is 21.7. The molecule has 1 amide bonds. The molecule has 156 valence electrons. The van der Waals surface area contributed by atoms with Crippen LogP contribution in [0.2, 0.25) is 0 Å². The van der Waals surface area contributed by atoms with Gasteiger partial charge >= 0.3 is 0 Å². The molecule has 0 saturated heterocycles. The van der Waals surface area contributed by atoms with Crippen molar-refractivity contribution in [3.05, 3.63) is 83.6 Å². The lowest BCUT2D eigenvalue weighted by Gasteiger charge is -2.25. The fourth-order valence-corrected chi connectivity index (χ4v) is 3.43. The molecule has 6 nitrogen and oxygen atoms in total. The monoisotopic (exact) mass is 413 g/mol. The number of nitriles is 1. The zero-order valence-electron chi connectivity index (χ0n) is 17.2. The Labute approximate surface area is 181 Å². The topological polar surface area (TPSA) is 94.3 Å². The quantitative estimate of drug-likeness (QED) is 0.449. The second-order valence-corrected chi connectivity index (χ2v) is 7.17. The molecule has 0 bridgehead atoms. The Morgan fingerprint density at radius 1 is 1.19 bits per heavy atom. The van der Waals surface area contributed by atoms with E-state index in [1.165, 1.54) is 12.1 Å². The largest absolute Gasteiger partial charge is 0.508 e. The van der Waals surface area contributed by atoms with Gasteiger partial charge in [0.1, 0.15) is 12.0 Å². The molecule has 1 aromatic heterocycles. The van der Waals surface area contributed by atoms with Gasteiger partial charge in [0.25, 0.3) is 0 Å². The van der Waals surface area contributed by atoms with Gasteiger partial charge in [0.05, 0.1) is 23.2 Å². The first-order chi connectivity index (χ1) is 15.0.